The molecule has 0 radical (unpaired) electrons. The van der Waals surface area contributed by atoms with E-state index in [1.165, 1.54) is 11.8 Å². The molecule has 1 heterocycles. The van der Waals surface area contributed by atoms with Gasteiger partial charge in [0.25, 0.3) is 5.91 Å². The molecule has 2 rings (SSSR count). The number of primary amides is 1. The van der Waals surface area contributed by atoms with Crippen molar-refractivity contribution >= 4 is 17.8 Å². The van der Waals surface area contributed by atoms with Gasteiger partial charge in [0.1, 0.15) is 11.8 Å². The molecule has 1 aromatic rings. The minimum Gasteiger partial charge on any atom is -0.479 e. The Hall–Kier alpha value is -3.08. The number of amides is 2. The monoisotopic (exact) mass is 359 g/mol. The highest BCUT2D eigenvalue weighted by Crippen LogP contribution is 2.17. The summed E-state index contributed by atoms with van der Waals surface area (Å²) < 4.78 is 10.4. The number of nitrogens with zero attached hydrogens (tertiary/aromatic N) is 2. The smallest absolute Gasteiger partial charge is 0.347 e. The van der Waals surface area contributed by atoms with Gasteiger partial charge in [0.2, 0.25) is 5.91 Å². The van der Waals surface area contributed by atoms with E-state index in [4.69, 9.17) is 20.5 Å². The van der Waals surface area contributed by atoms with E-state index in [-0.39, 0.29) is 0 Å². The number of piperidine rings is 1. The maximum atomic E-state index is 12.2. The Bertz CT molecular complexity index is 711. The van der Waals surface area contributed by atoms with Crippen LogP contribution in [0.25, 0.3) is 0 Å². The number of likely N-dealkylation sites (tertiary alicyclic amines) is 1. The molecule has 1 fully saturated rings. The highest BCUT2D eigenvalue weighted by atomic mass is 16.6. The Morgan fingerprint density at radius 2 is 2.00 bits per heavy atom. The van der Waals surface area contributed by atoms with Crippen LogP contribution in [-0.4, -0.2) is 48.0 Å². The van der Waals surface area contributed by atoms with Crippen LogP contribution in [0.2, 0.25) is 0 Å². The molecule has 2 N–H and O–H groups in total. The summed E-state index contributed by atoms with van der Waals surface area (Å²) >= 11 is 0. The van der Waals surface area contributed by atoms with Crippen LogP contribution in [0.3, 0.4) is 0 Å². The largest absolute Gasteiger partial charge is 0.479 e. The van der Waals surface area contributed by atoms with Crippen LogP contribution >= 0.6 is 0 Å². The molecule has 138 valence electrons. The van der Waals surface area contributed by atoms with Crippen molar-refractivity contribution in [1.82, 2.24) is 4.90 Å². The molecular formula is C18H21N3O5. The molecule has 8 nitrogen and oxygen atoms in total. The predicted octanol–water partition coefficient (Wildman–Crippen LogP) is 0.735. The van der Waals surface area contributed by atoms with E-state index in [1.807, 2.05) is 6.07 Å². The summed E-state index contributed by atoms with van der Waals surface area (Å²) in [5.74, 6) is -1.30. The van der Waals surface area contributed by atoms with Crippen molar-refractivity contribution in [1.29, 1.82) is 5.26 Å². The average molecular weight is 359 g/mol. The molecule has 0 aromatic heterocycles. The lowest BCUT2D eigenvalue weighted by Gasteiger charge is -2.33. The lowest BCUT2D eigenvalue weighted by Crippen LogP contribution is -2.51. The van der Waals surface area contributed by atoms with E-state index in [1.54, 1.807) is 24.3 Å². The molecule has 1 aliphatic rings. The van der Waals surface area contributed by atoms with E-state index >= 15 is 0 Å². The number of ether oxygens (including phenoxy) is 2. The summed E-state index contributed by atoms with van der Waals surface area (Å²) in [5, 5.41) is 8.75. The van der Waals surface area contributed by atoms with Gasteiger partial charge in [0.05, 0.1) is 11.6 Å². The zero-order valence-electron chi connectivity index (χ0n) is 14.5. The fourth-order valence-corrected chi connectivity index (χ4v) is 2.72. The average Bonchev–Trinajstić information content (AvgIpc) is 2.66. The Kier molecular flexibility index (Phi) is 6.55. The van der Waals surface area contributed by atoms with Crippen LogP contribution in [0.15, 0.2) is 24.3 Å². The summed E-state index contributed by atoms with van der Waals surface area (Å²) in [6.07, 6.45) is 1.20. The number of rotatable bonds is 6. The van der Waals surface area contributed by atoms with E-state index in [0.29, 0.717) is 24.3 Å². The van der Waals surface area contributed by atoms with Gasteiger partial charge in [-0.1, -0.05) is 0 Å². The van der Waals surface area contributed by atoms with Crippen molar-refractivity contribution in [2.75, 3.05) is 13.2 Å². The normalized spacial score (nSPS) is 17.7. The van der Waals surface area contributed by atoms with Crippen molar-refractivity contribution in [2.45, 2.75) is 38.3 Å². The van der Waals surface area contributed by atoms with Gasteiger partial charge in [0.15, 0.2) is 12.7 Å². The molecule has 0 aliphatic carbocycles. The second-order valence-corrected chi connectivity index (χ2v) is 6.01. The number of hydrogen-bond donors (Lipinski definition) is 1. The minimum absolute atomic E-state index is 0.407. The molecule has 8 heteroatoms. The lowest BCUT2D eigenvalue weighted by atomic mass is 10.0. The van der Waals surface area contributed by atoms with Gasteiger partial charge in [-0.3, -0.25) is 9.59 Å². The van der Waals surface area contributed by atoms with Crippen molar-refractivity contribution in [3.63, 3.8) is 0 Å². The third-order valence-electron chi connectivity index (χ3n) is 4.12. The summed E-state index contributed by atoms with van der Waals surface area (Å²) in [6, 6.07) is 7.60. The number of nitrogens with two attached hydrogens (primary N) is 1. The fourth-order valence-electron chi connectivity index (χ4n) is 2.72. The highest BCUT2D eigenvalue weighted by molar-refractivity contribution is 5.88. The molecule has 1 aromatic carbocycles. The summed E-state index contributed by atoms with van der Waals surface area (Å²) in [7, 11) is 0. The van der Waals surface area contributed by atoms with Gasteiger partial charge in [0, 0.05) is 6.54 Å². The minimum atomic E-state index is -0.927. The predicted molar refractivity (Wildman–Crippen MR) is 90.8 cm³/mol. The number of nitriles is 1. The van der Waals surface area contributed by atoms with Crippen LogP contribution in [0.5, 0.6) is 5.75 Å². The molecule has 0 bridgehead atoms. The molecule has 26 heavy (non-hydrogen) atoms. The SMILES string of the molecule is C[C@@H](Oc1ccc(C#N)cc1)C(=O)OCC(=O)N1CCCC[C@@H]1C(N)=O. The maximum absolute atomic E-state index is 12.2. The standard InChI is InChI=1S/C18H21N3O5/c1-12(26-14-7-5-13(10-19)6-8-14)18(24)25-11-16(22)21-9-3-2-4-15(21)17(20)23/h5-8,12,15H,2-4,9,11H2,1H3,(H2,20,23)/t12-,15-/m1/s1. The van der Waals surface area contributed by atoms with Gasteiger partial charge in [-0.25, -0.2) is 4.79 Å². The van der Waals surface area contributed by atoms with Crippen LogP contribution in [0.4, 0.5) is 0 Å². The third kappa shape index (κ3) is 4.96. The number of esters is 1. The van der Waals surface area contributed by atoms with Crippen LogP contribution < -0.4 is 10.5 Å². The molecule has 0 unspecified atom stereocenters. The van der Waals surface area contributed by atoms with Crippen LogP contribution in [0, 0.1) is 11.3 Å². The van der Waals surface area contributed by atoms with E-state index < -0.39 is 36.5 Å². The Labute approximate surface area is 151 Å². The molecule has 2 amide bonds. The highest BCUT2D eigenvalue weighted by Gasteiger charge is 2.31. The van der Waals surface area contributed by atoms with Crippen LogP contribution in [-0.2, 0) is 19.1 Å². The van der Waals surface area contributed by atoms with Gasteiger partial charge < -0.3 is 20.1 Å². The summed E-state index contributed by atoms with van der Waals surface area (Å²) in [4.78, 5) is 37.1. The lowest BCUT2D eigenvalue weighted by molar-refractivity contribution is -0.159. The van der Waals surface area contributed by atoms with Crippen molar-refractivity contribution in [3.05, 3.63) is 29.8 Å². The Morgan fingerprint density at radius 3 is 2.62 bits per heavy atom. The number of hydrogen-bond acceptors (Lipinski definition) is 6. The van der Waals surface area contributed by atoms with Crippen molar-refractivity contribution < 1.29 is 23.9 Å². The number of benzene rings is 1. The Morgan fingerprint density at radius 1 is 1.31 bits per heavy atom. The van der Waals surface area contributed by atoms with Crippen molar-refractivity contribution in [2.24, 2.45) is 5.73 Å². The second-order valence-electron chi connectivity index (χ2n) is 6.01. The first-order chi connectivity index (χ1) is 12.4. The number of carbonyl (C=O) groups is 3. The van der Waals surface area contributed by atoms with Crippen molar-refractivity contribution in [3.8, 4) is 11.8 Å². The van der Waals surface area contributed by atoms with Gasteiger partial charge in [-0.2, -0.15) is 5.26 Å². The maximum Gasteiger partial charge on any atom is 0.347 e. The molecule has 2 atom stereocenters. The van der Waals surface area contributed by atoms with E-state index in [2.05, 4.69) is 0 Å². The number of carbonyl (C=O) groups excluding carboxylic acids is 3. The topological polar surface area (TPSA) is 123 Å². The van der Waals surface area contributed by atoms with E-state index in [0.717, 1.165) is 12.8 Å². The first-order valence-corrected chi connectivity index (χ1v) is 8.34. The second kappa shape index (κ2) is 8.85. The zero-order valence-corrected chi connectivity index (χ0v) is 14.5. The molecule has 1 aliphatic heterocycles. The van der Waals surface area contributed by atoms with Gasteiger partial charge >= 0.3 is 5.97 Å². The first kappa shape index (κ1) is 19.2. The van der Waals surface area contributed by atoms with Crippen LogP contribution in [0.1, 0.15) is 31.7 Å². The van der Waals surface area contributed by atoms with Gasteiger partial charge in [-0.05, 0) is 50.5 Å². The van der Waals surface area contributed by atoms with Gasteiger partial charge in [-0.15, -0.1) is 0 Å². The molecular weight excluding hydrogens is 338 g/mol. The first-order valence-electron chi connectivity index (χ1n) is 8.34. The zero-order chi connectivity index (χ0) is 19.1. The summed E-state index contributed by atoms with van der Waals surface area (Å²) in [5.41, 5.74) is 5.80. The van der Waals surface area contributed by atoms with E-state index in [9.17, 15) is 14.4 Å². The third-order valence-corrected chi connectivity index (χ3v) is 4.12. The molecule has 0 saturated carbocycles. The fraction of sp³-hybridized carbons (Fsp3) is 0.444. The Balaban J connectivity index is 1.85. The summed E-state index contributed by atoms with van der Waals surface area (Å²) in [6.45, 7) is 1.45. The molecule has 1 saturated heterocycles. The molecule has 0 spiro atoms. The quantitative estimate of drug-likeness (QED) is 0.747.